The largest absolute Gasteiger partial charge is 0.326 e. The average molecular weight is 768 g/mol. The van der Waals surface area contributed by atoms with Crippen molar-refractivity contribution >= 4 is 58.1 Å². The fraction of sp³-hybridized carbons (Fsp3) is 0.333. The fourth-order valence-electron chi connectivity index (χ4n) is 4.53. The lowest BCUT2D eigenvalue weighted by molar-refractivity contribution is -0.115. The number of aromatic nitrogens is 2. The number of aliphatic imine (C=N–C) groups is 1. The van der Waals surface area contributed by atoms with Gasteiger partial charge >= 0.3 is 0 Å². The molecule has 0 atom stereocenters. The molecule has 0 fully saturated rings. The van der Waals surface area contributed by atoms with E-state index >= 15 is 0 Å². The van der Waals surface area contributed by atoms with E-state index in [1.165, 1.54) is 54.3 Å². The van der Waals surface area contributed by atoms with Crippen molar-refractivity contribution in [2.24, 2.45) is 10.7 Å². The van der Waals surface area contributed by atoms with Gasteiger partial charge in [0, 0.05) is 69.3 Å². The standard InChI is InChI=1S/C18H20N4O2.C10H11NO2.C8H11N3O.C6H15N/c1-12(16-5-7-17(8-6-16)21-13(2)23)19-10-15-4-9-18(20-11-15)22-14(3)24;1-7(12)9-3-5-10(6-4-9)11-8(2)13;1-6(12)11-8-3-2-7(4-9)5-10-8;1-4-7(5-2)6-3/h4-9,11H,10H2,1-3H3,(H,21,23)(H,20,22,24);3-6H,1-2H3,(H,11,13);2-3,5H,4,9H2,1H3,(H,10,11,12);4-6H2,1-3H3. The molecular weight excluding hydrogens is 711 g/mol. The number of benzene rings is 2. The predicted octanol–water partition coefficient (Wildman–Crippen LogP) is 6.70. The van der Waals surface area contributed by atoms with Gasteiger partial charge in [-0.1, -0.05) is 45.0 Å². The van der Waals surface area contributed by atoms with Gasteiger partial charge < -0.3 is 31.9 Å². The van der Waals surface area contributed by atoms with E-state index in [1.54, 1.807) is 48.8 Å². The average Bonchev–Trinajstić information content (AvgIpc) is 3.16. The van der Waals surface area contributed by atoms with Crippen LogP contribution >= 0.6 is 0 Å². The number of carbonyl (C=O) groups is 5. The molecule has 2 heterocycles. The maximum absolute atomic E-state index is 11.0. The van der Waals surface area contributed by atoms with Gasteiger partial charge in [0.2, 0.25) is 23.6 Å². The lowest BCUT2D eigenvalue weighted by Crippen LogP contribution is -2.21. The number of amides is 4. The van der Waals surface area contributed by atoms with Crippen molar-refractivity contribution in [1.82, 2.24) is 14.9 Å². The number of hydrogen-bond donors (Lipinski definition) is 5. The second kappa shape index (κ2) is 26.6. The Morgan fingerprint density at radius 3 is 1.25 bits per heavy atom. The number of nitrogens with zero attached hydrogens (tertiary/aromatic N) is 4. The third kappa shape index (κ3) is 20.9. The summed E-state index contributed by atoms with van der Waals surface area (Å²) < 4.78 is 0. The van der Waals surface area contributed by atoms with Gasteiger partial charge in [0.05, 0.1) is 6.54 Å². The molecule has 0 aliphatic carbocycles. The van der Waals surface area contributed by atoms with Crippen LogP contribution in [0.3, 0.4) is 0 Å². The molecule has 4 amide bonds. The summed E-state index contributed by atoms with van der Waals surface area (Å²) in [6.07, 6.45) is 3.34. The molecule has 300 valence electrons. The van der Waals surface area contributed by atoms with Crippen LogP contribution in [0, 0.1) is 0 Å². The number of hydrogen-bond acceptors (Lipinski definition) is 10. The molecule has 0 bridgehead atoms. The first kappa shape index (κ1) is 47.9. The molecule has 14 heteroatoms. The summed E-state index contributed by atoms with van der Waals surface area (Å²) in [5.41, 5.74) is 11.3. The third-order valence-corrected chi connectivity index (χ3v) is 7.57. The van der Waals surface area contributed by atoms with E-state index in [1.807, 2.05) is 43.3 Å². The number of pyridine rings is 2. The highest BCUT2D eigenvalue weighted by atomic mass is 16.2. The maximum atomic E-state index is 11.0. The van der Waals surface area contributed by atoms with Crippen LogP contribution in [0.1, 0.15) is 89.4 Å². The zero-order chi connectivity index (χ0) is 42.0. The summed E-state index contributed by atoms with van der Waals surface area (Å²) >= 11 is 0. The summed E-state index contributed by atoms with van der Waals surface area (Å²) in [7, 11) is 0. The van der Waals surface area contributed by atoms with Gasteiger partial charge in [-0.05, 0) is 98.7 Å². The predicted molar refractivity (Wildman–Crippen MR) is 226 cm³/mol. The quantitative estimate of drug-likeness (QED) is 0.0768. The second-order valence-corrected chi connectivity index (χ2v) is 12.3. The minimum atomic E-state index is -0.146. The number of ketones is 1. The van der Waals surface area contributed by atoms with E-state index in [2.05, 4.69) is 61.9 Å². The summed E-state index contributed by atoms with van der Waals surface area (Å²) in [6, 6.07) is 21.5. The Morgan fingerprint density at radius 2 is 0.946 bits per heavy atom. The summed E-state index contributed by atoms with van der Waals surface area (Å²) in [5, 5.41) is 10.5. The number of rotatable bonds is 12. The van der Waals surface area contributed by atoms with Gasteiger partial charge in [-0.3, -0.25) is 29.0 Å². The van der Waals surface area contributed by atoms with Crippen LogP contribution < -0.4 is 27.0 Å². The smallest absolute Gasteiger partial charge is 0.222 e. The third-order valence-electron chi connectivity index (χ3n) is 7.57. The number of Topliss-reactive ketones (excluding diaryl/α,β-unsaturated/α-hetero) is 1. The van der Waals surface area contributed by atoms with Crippen molar-refractivity contribution in [3.05, 3.63) is 107 Å². The van der Waals surface area contributed by atoms with Crippen molar-refractivity contribution < 1.29 is 24.0 Å². The normalized spacial score (nSPS) is 10.2. The Bertz CT molecular complexity index is 1830. The molecule has 2 aromatic heterocycles. The highest BCUT2D eigenvalue weighted by Gasteiger charge is 2.02. The lowest BCUT2D eigenvalue weighted by Gasteiger charge is -2.13. The van der Waals surface area contributed by atoms with Crippen LogP contribution in [-0.2, 0) is 32.3 Å². The van der Waals surface area contributed by atoms with Gasteiger partial charge in [-0.15, -0.1) is 0 Å². The second-order valence-electron chi connectivity index (χ2n) is 12.3. The number of anilines is 4. The van der Waals surface area contributed by atoms with Crippen molar-refractivity contribution in [1.29, 1.82) is 0 Å². The zero-order valence-electron chi connectivity index (χ0n) is 34.0. The molecule has 0 saturated carbocycles. The number of carbonyl (C=O) groups excluding carboxylic acids is 5. The highest BCUT2D eigenvalue weighted by molar-refractivity contribution is 5.99. The molecule has 0 aliphatic heterocycles. The van der Waals surface area contributed by atoms with E-state index in [0.717, 1.165) is 28.1 Å². The van der Waals surface area contributed by atoms with E-state index in [-0.39, 0.29) is 29.4 Å². The molecule has 2 aromatic carbocycles. The molecule has 0 radical (unpaired) electrons. The van der Waals surface area contributed by atoms with Gasteiger partial charge in [0.15, 0.2) is 5.78 Å². The minimum Gasteiger partial charge on any atom is -0.326 e. The van der Waals surface area contributed by atoms with Crippen LogP contribution in [0.4, 0.5) is 23.0 Å². The molecular formula is C42H57N9O5. The molecule has 0 saturated heterocycles. The van der Waals surface area contributed by atoms with Crippen molar-refractivity contribution in [2.75, 3.05) is 40.9 Å². The van der Waals surface area contributed by atoms with Crippen LogP contribution in [0.2, 0.25) is 0 Å². The van der Waals surface area contributed by atoms with E-state index < -0.39 is 0 Å². The van der Waals surface area contributed by atoms with Crippen LogP contribution in [0.15, 0.2) is 90.2 Å². The summed E-state index contributed by atoms with van der Waals surface area (Å²) in [5.74, 6) is 0.628. The zero-order valence-corrected chi connectivity index (χ0v) is 34.0. The van der Waals surface area contributed by atoms with Crippen LogP contribution in [0.25, 0.3) is 0 Å². The monoisotopic (exact) mass is 767 g/mol. The van der Waals surface area contributed by atoms with Crippen molar-refractivity contribution in [2.45, 2.75) is 75.4 Å². The minimum absolute atomic E-state index is 0.0226. The van der Waals surface area contributed by atoms with Gasteiger partial charge in [0.25, 0.3) is 0 Å². The maximum Gasteiger partial charge on any atom is 0.222 e. The summed E-state index contributed by atoms with van der Waals surface area (Å²) in [6.45, 7) is 20.4. The van der Waals surface area contributed by atoms with Gasteiger partial charge in [-0.25, -0.2) is 9.97 Å². The van der Waals surface area contributed by atoms with E-state index in [4.69, 9.17) is 5.73 Å². The Hall–Kier alpha value is -6.12. The molecule has 4 aromatic rings. The van der Waals surface area contributed by atoms with E-state index in [9.17, 15) is 24.0 Å². The van der Waals surface area contributed by atoms with Gasteiger partial charge in [0.1, 0.15) is 11.6 Å². The molecule has 0 spiro atoms. The van der Waals surface area contributed by atoms with Crippen LogP contribution in [-0.4, -0.2) is 69.6 Å². The first-order chi connectivity index (χ1) is 26.6. The molecule has 0 unspecified atom stereocenters. The topological polar surface area (TPSA) is 201 Å². The lowest BCUT2D eigenvalue weighted by atomic mass is 10.1. The number of nitrogens with one attached hydrogen (secondary N) is 4. The Morgan fingerprint density at radius 1 is 0.554 bits per heavy atom. The summed E-state index contributed by atoms with van der Waals surface area (Å²) in [4.78, 5) is 69.2. The van der Waals surface area contributed by atoms with Gasteiger partial charge in [-0.2, -0.15) is 0 Å². The Balaban J connectivity index is 0.000000414. The molecule has 4 rings (SSSR count). The SMILES string of the molecule is CC(=O)Nc1ccc(C(C)=NCc2ccc(NC(C)=O)nc2)cc1.CC(=O)Nc1ccc(C(C)=O)cc1.CC(=O)Nc1ccc(CN)cn1.CCN(CC)CC. The first-order valence-corrected chi connectivity index (χ1v) is 18.3. The van der Waals surface area contributed by atoms with E-state index in [0.29, 0.717) is 36.0 Å². The Labute approximate surface area is 330 Å². The number of nitrogens with two attached hydrogens (primary N) is 1. The fourth-order valence-corrected chi connectivity index (χ4v) is 4.53. The molecule has 56 heavy (non-hydrogen) atoms. The molecule has 0 aliphatic rings. The Kier molecular flexibility index (Phi) is 22.8. The first-order valence-electron chi connectivity index (χ1n) is 18.3. The highest BCUT2D eigenvalue weighted by Crippen LogP contribution is 2.13. The van der Waals surface area contributed by atoms with Crippen molar-refractivity contribution in [3.63, 3.8) is 0 Å². The molecule has 14 nitrogen and oxygen atoms in total. The van der Waals surface area contributed by atoms with Crippen molar-refractivity contribution in [3.8, 4) is 0 Å². The van der Waals surface area contributed by atoms with Crippen LogP contribution in [0.5, 0.6) is 0 Å². The molecule has 6 N–H and O–H groups in total.